The summed E-state index contributed by atoms with van der Waals surface area (Å²) >= 11 is 0. The Kier molecular flexibility index (Phi) is 7.67. The molecule has 0 radical (unpaired) electrons. The lowest BCUT2D eigenvalue weighted by atomic mass is 9.96. The monoisotopic (exact) mass is 298 g/mol. The fourth-order valence-electron chi connectivity index (χ4n) is 3.39. The second-order valence-electron chi connectivity index (χ2n) is 6.69. The third kappa shape index (κ3) is 5.26. The third-order valence-corrected chi connectivity index (χ3v) is 4.46. The highest BCUT2D eigenvalue weighted by Crippen LogP contribution is 2.34. The minimum absolute atomic E-state index is 0.0665. The van der Waals surface area contributed by atoms with Gasteiger partial charge >= 0.3 is 5.97 Å². The zero-order valence-corrected chi connectivity index (χ0v) is 14.6. The molecular weight excluding hydrogens is 264 g/mol. The van der Waals surface area contributed by atoms with E-state index in [0.717, 1.165) is 25.8 Å². The van der Waals surface area contributed by atoms with E-state index in [0.29, 0.717) is 18.7 Å². The SMILES string of the molecule is CCCCCN(C)C1CCC(NC(C)C)(C(=O)OCC)C1. The van der Waals surface area contributed by atoms with Crippen LogP contribution in [0.15, 0.2) is 0 Å². The van der Waals surface area contributed by atoms with Crippen molar-refractivity contribution in [3.8, 4) is 0 Å². The molecule has 0 amide bonds. The molecule has 0 aromatic carbocycles. The van der Waals surface area contributed by atoms with Gasteiger partial charge < -0.3 is 9.64 Å². The Balaban J connectivity index is 2.64. The minimum Gasteiger partial charge on any atom is -0.465 e. The van der Waals surface area contributed by atoms with Crippen molar-refractivity contribution in [1.29, 1.82) is 0 Å². The number of rotatable bonds is 9. The van der Waals surface area contributed by atoms with Crippen LogP contribution in [0, 0.1) is 0 Å². The maximum absolute atomic E-state index is 12.4. The number of ether oxygens (including phenoxy) is 1. The van der Waals surface area contributed by atoms with Crippen LogP contribution in [-0.2, 0) is 9.53 Å². The van der Waals surface area contributed by atoms with Crippen molar-refractivity contribution >= 4 is 5.97 Å². The summed E-state index contributed by atoms with van der Waals surface area (Å²) in [6.45, 7) is 9.88. The smallest absolute Gasteiger partial charge is 0.326 e. The predicted molar refractivity (Wildman–Crippen MR) is 87.4 cm³/mol. The maximum Gasteiger partial charge on any atom is 0.326 e. The molecule has 0 heterocycles. The van der Waals surface area contributed by atoms with Crippen LogP contribution in [0.2, 0.25) is 0 Å². The van der Waals surface area contributed by atoms with E-state index in [1.807, 2.05) is 6.92 Å². The van der Waals surface area contributed by atoms with Gasteiger partial charge in [-0.05, 0) is 60.0 Å². The largest absolute Gasteiger partial charge is 0.465 e. The lowest BCUT2D eigenvalue weighted by Gasteiger charge is -2.32. The Hall–Kier alpha value is -0.610. The molecule has 21 heavy (non-hydrogen) atoms. The Morgan fingerprint density at radius 3 is 2.67 bits per heavy atom. The predicted octanol–water partition coefficient (Wildman–Crippen LogP) is 2.96. The molecule has 124 valence electrons. The number of carbonyl (C=O) groups is 1. The number of hydrogen-bond donors (Lipinski definition) is 1. The van der Waals surface area contributed by atoms with Gasteiger partial charge in [0, 0.05) is 12.1 Å². The van der Waals surface area contributed by atoms with Crippen molar-refractivity contribution in [1.82, 2.24) is 10.2 Å². The Bertz CT molecular complexity index is 320. The van der Waals surface area contributed by atoms with Gasteiger partial charge in [0.25, 0.3) is 0 Å². The summed E-state index contributed by atoms with van der Waals surface area (Å²) in [4.78, 5) is 14.9. The van der Waals surface area contributed by atoms with E-state index in [4.69, 9.17) is 4.74 Å². The molecule has 4 nitrogen and oxygen atoms in total. The summed E-state index contributed by atoms with van der Waals surface area (Å²) in [5.41, 5.74) is -0.478. The van der Waals surface area contributed by atoms with Gasteiger partial charge in [-0.2, -0.15) is 0 Å². The van der Waals surface area contributed by atoms with Crippen molar-refractivity contribution in [2.75, 3.05) is 20.2 Å². The molecule has 2 atom stereocenters. The van der Waals surface area contributed by atoms with Crippen LogP contribution in [0.5, 0.6) is 0 Å². The van der Waals surface area contributed by atoms with E-state index < -0.39 is 5.54 Å². The summed E-state index contributed by atoms with van der Waals surface area (Å²) < 4.78 is 5.34. The summed E-state index contributed by atoms with van der Waals surface area (Å²) in [7, 11) is 2.19. The summed E-state index contributed by atoms with van der Waals surface area (Å²) in [5, 5.41) is 3.49. The highest BCUT2D eigenvalue weighted by molar-refractivity contribution is 5.81. The van der Waals surface area contributed by atoms with Crippen LogP contribution in [0.25, 0.3) is 0 Å². The molecule has 1 aliphatic rings. The van der Waals surface area contributed by atoms with Crippen molar-refractivity contribution < 1.29 is 9.53 Å². The quantitative estimate of drug-likeness (QED) is 0.525. The van der Waals surface area contributed by atoms with Crippen LogP contribution in [0.1, 0.15) is 66.2 Å². The molecule has 0 aliphatic heterocycles. The van der Waals surface area contributed by atoms with Gasteiger partial charge in [-0.1, -0.05) is 19.8 Å². The molecule has 0 aromatic rings. The molecule has 0 bridgehead atoms. The summed E-state index contributed by atoms with van der Waals surface area (Å²) in [5.74, 6) is -0.0665. The third-order valence-electron chi connectivity index (χ3n) is 4.46. The van der Waals surface area contributed by atoms with Crippen LogP contribution in [0.3, 0.4) is 0 Å². The van der Waals surface area contributed by atoms with E-state index in [2.05, 4.69) is 38.0 Å². The fraction of sp³-hybridized carbons (Fsp3) is 0.941. The maximum atomic E-state index is 12.4. The molecule has 0 saturated heterocycles. The first-order chi connectivity index (χ1) is 9.95. The molecule has 1 rings (SSSR count). The van der Waals surface area contributed by atoms with Gasteiger partial charge in [0.2, 0.25) is 0 Å². The van der Waals surface area contributed by atoms with Gasteiger partial charge in [0.15, 0.2) is 0 Å². The van der Waals surface area contributed by atoms with Gasteiger partial charge in [-0.25, -0.2) is 0 Å². The molecule has 2 unspecified atom stereocenters. The zero-order chi connectivity index (χ0) is 15.9. The number of carbonyl (C=O) groups excluding carboxylic acids is 1. The summed E-state index contributed by atoms with van der Waals surface area (Å²) in [6, 6.07) is 0.774. The molecule has 0 spiro atoms. The van der Waals surface area contributed by atoms with Crippen molar-refractivity contribution in [2.45, 2.75) is 83.8 Å². The van der Waals surface area contributed by atoms with Gasteiger partial charge in [0.1, 0.15) is 5.54 Å². The number of hydrogen-bond acceptors (Lipinski definition) is 4. The highest BCUT2D eigenvalue weighted by Gasteiger charge is 2.47. The molecule has 4 heteroatoms. The second-order valence-corrected chi connectivity index (χ2v) is 6.69. The van der Waals surface area contributed by atoms with Crippen LogP contribution in [0.4, 0.5) is 0 Å². The number of esters is 1. The Morgan fingerprint density at radius 2 is 2.10 bits per heavy atom. The van der Waals surface area contributed by atoms with Gasteiger partial charge in [-0.15, -0.1) is 0 Å². The van der Waals surface area contributed by atoms with E-state index >= 15 is 0 Å². The van der Waals surface area contributed by atoms with Crippen molar-refractivity contribution in [2.24, 2.45) is 0 Å². The van der Waals surface area contributed by atoms with Crippen molar-refractivity contribution in [3.05, 3.63) is 0 Å². The van der Waals surface area contributed by atoms with Crippen LogP contribution in [-0.4, -0.2) is 48.7 Å². The lowest BCUT2D eigenvalue weighted by Crippen LogP contribution is -2.54. The molecule has 1 aliphatic carbocycles. The highest BCUT2D eigenvalue weighted by atomic mass is 16.5. The van der Waals surface area contributed by atoms with E-state index in [9.17, 15) is 4.79 Å². The second kappa shape index (κ2) is 8.74. The zero-order valence-electron chi connectivity index (χ0n) is 14.6. The average molecular weight is 298 g/mol. The topological polar surface area (TPSA) is 41.6 Å². The van der Waals surface area contributed by atoms with E-state index in [-0.39, 0.29) is 5.97 Å². The standard InChI is InChI=1S/C17H34N2O2/c1-6-8-9-12-19(5)15-10-11-17(13-15,18-14(3)4)16(20)21-7-2/h14-15,18H,6-13H2,1-5H3. The average Bonchev–Trinajstić information content (AvgIpc) is 2.84. The van der Waals surface area contributed by atoms with Crippen LogP contribution >= 0.6 is 0 Å². The number of unbranched alkanes of at least 4 members (excludes halogenated alkanes) is 2. The summed E-state index contributed by atoms with van der Waals surface area (Å²) in [6.07, 6.45) is 6.60. The van der Waals surface area contributed by atoms with Gasteiger partial charge in [0.05, 0.1) is 6.61 Å². The minimum atomic E-state index is -0.478. The van der Waals surface area contributed by atoms with Gasteiger partial charge in [-0.3, -0.25) is 10.1 Å². The number of nitrogens with zero attached hydrogens (tertiary/aromatic N) is 1. The normalized spacial score (nSPS) is 25.8. The fourth-order valence-corrected chi connectivity index (χ4v) is 3.39. The van der Waals surface area contributed by atoms with Crippen LogP contribution < -0.4 is 5.32 Å². The first-order valence-electron chi connectivity index (χ1n) is 8.60. The molecular formula is C17H34N2O2. The lowest BCUT2D eigenvalue weighted by molar-refractivity contribution is -0.151. The Morgan fingerprint density at radius 1 is 1.38 bits per heavy atom. The number of nitrogens with one attached hydrogen (secondary N) is 1. The first-order valence-corrected chi connectivity index (χ1v) is 8.60. The molecule has 1 fully saturated rings. The Labute approximate surface area is 130 Å². The van der Waals surface area contributed by atoms with E-state index in [1.165, 1.54) is 19.3 Å². The van der Waals surface area contributed by atoms with E-state index in [1.54, 1.807) is 0 Å². The molecule has 1 saturated carbocycles. The molecule has 1 N–H and O–H groups in total. The first kappa shape index (κ1) is 18.4. The molecule has 0 aromatic heterocycles. The van der Waals surface area contributed by atoms with Crippen molar-refractivity contribution in [3.63, 3.8) is 0 Å².